The monoisotopic (exact) mass is 362 g/mol. The van der Waals surface area contributed by atoms with Crippen LogP contribution in [0.1, 0.15) is 19.3 Å². The normalized spacial score (nSPS) is 15.1. The van der Waals surface area contributed by atoms with Crippen LogP contribution in [0.25, 0.3) is 0 Å². The Morgan fingerprint density at radius 1 is 1.40 bits per heavy atom. The Morgan fingerprint density at radius 2 is 2.15 bits per heavy atom. The maximum Gasteiger partial charge on any atom is 0.232 e. The molecule has 0 amide bonds. The Hall–Kier alpha value is -0.790. The van der Waals surface area contributed by atoms with Crippen molar-refractivity contribution >= 4 is 31.6 Å². The summed E-state index contributed by atoms with van der Waals surface area (Å²) >= 11 is 3.33. The third-order valence-corrected chi connectivity index (χ3v) is 5.05. The zero-order chi connectivity index (χ0) is 14.6. The number of sulfonamides is 1. The van der Waals surface area contributed by atoms with Gasteiger partial charge in [0.2, 0.25) is 10.0 Å². The standard InChI is InChI=1S/C13H19BrN2O3S/c1-19-13-9-11(5-6-12(13)14)16-20(17,18)8-2-7-15-10-3-4-10/h5-6,9-10,15-16H,2-4,7-8H2,1H3. The van der Waals surface area contributed by atoms with Gasteiger partial charge in [-0.3, -0.25) is 4.72 Å². The second-order valence-corrected chi connectivity index (χ2v) is 7.55. The first-order valence-corrected chi connectivity index (χ1v) is 9.02. The van der Waals surface area contributed by atoms with E-state index < -0.39 is 10.0 Å². The van der Waals surface area contributed by atoms with Gasteiger partial charge in [-0.2, -0.15) is 0 Å². The highest BCUT2D eigenvalue weighted by Crippen LogP contribution is 2.28. The first-order valence-electron chi connectivity index (χ1n) is 6.57. The Labute approximate surface area is 128 Å². The Bertz CT molecular complexity index is 559. The third-order valence-electron chi connectivity index (χ3n) is 3.02. The van der Waals surface area contributed by atoms with Crippen LogP contribution in [0.5, 0.6) is 5.75 Å². The summed E-state index contributed by atoms with van der Waals surface area (Å²) in [7, 11) is -1.77. The molecule has 2 rings (SSSR count). The highest BCUT2D eigenvalue weighted by molar-refractivity contribution is 9.10. The molecule has 0 bridgehead atoms. The molecular formula is C13H19BrN2O3S. The van der Waals surface area contributed by atoms with E-state index in [0.29, 0.717) is 23.9 Å². The minimum Gasteiger partial charge on any atom is -0.495 e. The van der Waals surface area contributed by atoms with Gasteiger partial charge in [0.25, 0.3) is 0 Å². The maximum absolute atomic E-state index is 12.0. The van der Waals surface area contributed by atoms with Crippen molar-refractivity contribution in [2.24, 2.45) is 0 Å². The van der Waals surface area contributed by atoms with Gasteiger partial charge in [0.05, 0.1) is 23.0 Å². The lowest BCUT2D eigenvalue weighted by Crippen LogP contribution is -2.23. The van der Waals surface area contributed by atoms with Crippen molar-refractivity contribution in [2.45, 2.75) is 25.3 Å². The summed E-state index contributed by atoms with van der Waals surface area (Å²) in [6.07, 6.45) is 3.03. The number of ether oxygens (including phenoxy) is 1. The van der Waals surface area contributed by atoms with Crippen LogP contribution in [0.4, 0.5) is 5.69 Å². The fourth-order valence-corrected chi connectivity index (χ4v) is 3.33. The van der Waals surface area contributed by atoms with Gasteiger partial charge in [-0.25, -0.2) is 8.42 Å². The van der Waals surface area contributed by atoms with E-state index in [0.717, 1.165) is 11.0 Å². The molecule has 0 radical (unpaired) electrons. The average molecular weight is 363 g/mol. The number of nitrogens with one attached hydrogen (secondary N) is 2. The van der Waals surface area contributed by atoms with Crippen molar-refractivity contribution in [3.63, 3.8) is 0 Å². The van der Waals surface area contributed by atoms with E-state index in [2.05, 4.69) is 26.0 Å². The molecule has 0 aromatic heterocycles. The fourth-order valence-electron chi connectivity index (χ4n) is 1.81. The summed E-state index contributed by atoms with van der Waals surface area (Å²) in [6, 6.07) is 5.73. The van der Waals surface area contributed by atoms with Gasteiger partial charge in [-0.15, -0.1) is 0 Å². The molecule has 0 saturated heterocycles. The van der Waals surface area contributed by atoms with Crippen LogP contribution in [0, 0.1) is 0 Å². The van der Waals surface area contributed by atoms with Crippen LogP contribution in [0.3, 0.4) is 0 Å². The van der Waals surface area contributed by atoms with Crippen molar-refractivity contribution in [3.05, 3.63) is 22.7 Å². The number of halogens is 1. The summed E-state index contributed by atoms with van der Waals surface area (Å²) in [6.45, 7) is 0.745. The van der Waals surface area contributed by atoms with Crippen LogP contribution >= 0.6 is 15.9 Å². The second kappa shape index (κ2) is 6.78. The molecule has 1 aromatic rings. The molecule has 0 unspecified atom stereocenters. The molecule has 0 heterocycles. The van der Waals surface area contributed by atoms with E-state index in [9.17, 15) is 8.42 Å². The molecule has 0 spiro atoms. The van der Waals surface area contributed by atoms with Crippen molar-refractivity contribution < 1.29 is 13.2 Å². The molecule has 7 heteroatoms. The van der Waals surface area contributed by atoms with Gasteiger partial charge >= 0.3 is 0 Å². The number of hydrogen-bond donors (Lipinski definition) is 2. The number of rotatable bonds is 8. The van der Waals surface area contributed by atoms with Gasteiger partial charge in [0.15, 0.2) is 0 Å². The quantitative estimate of drug-likeness (QED) is 0.696. The average Bonchev–Trinajstić information content (AvgIpc) is 3.21. The minimum absolute atomic E-state index is 0.116. The lowest BCUT2D eigenvalue weighted by Gasteiger charge is -2.10. The minimum atomic E-state index is -3.31. The van der Waals surface area contributed by atoms with E-state index in [1.165, 1.54) is 12.8 Å². The van der Waals surface area contributed by atoms with E-state index in [4.69, 9.17) is 4.74 Å². The SMILES string of the molecule is COc1cc(NS(=O)(=O)CCCNC2CC2)ccc1Br. The Morgan fingerprint density at radius 3 is 2.80 bits per heavy atom. The van der Waals surface area contributed by atoms with E-state index >= 15 is 0 Å². The topological polar surface area (TPSA) is 67.4 Å². The molecule has 5 nitrogen and oxygen atoms in total. The Kier molecular flexibility index (Phi) is 5.29. The van der Waals surface area contributed by atoms with Gasteiger partial charge < -0.3 is 10.1 Å². The molecule has 20 heavy (non-hydrogen) atoms. The summed E-state index contributed by atoms with van der Waals surface area (Å²) in [5, 5.41) is 3.30. The van der Waals surface area contributed by atoms with Crippen LogP contribution < -0.4 is 14.8 Å². The molecular weight excluding hydrogens is 344 g/mol. The molecule has 1 aliphatic carbocycles. The van der Waals surface area contributed by atoms with Crippen molar-refractivity contribution in [3.8, 4) is 5.75 Å². The fraction of sp³-hybridized carbons (Fsp3) is 0.538. The second-order valence-electron chi connectivity index (χ2n) is 4.85. The smallest absolute Gasteiger partial charge is 0.232 e. The maximum atomic E-state index is 12.0. The molecule has 112 valence electrons. The largest absolute Gasteiger partial charge is 0.495 e. The lowest BCUT2D eigenvalue weighted by molar-refractivity contribution is 0.412. The number of anilines is 1. The zero-order valence-electron chi connectivity index (χ0n) is 11.4. The first kappa shape index (κ1) is 15.6. The predicted molar refractivity (Wildman–Crippen MR) is 83.7 cm³/mol. The molecule has 2 N–H and O–H groups in total. The molecule has 1 aliphatic rings. The summed E-state index contributed by atoms with van der Waals surface area (Å²) in [5.74, 6) is 0.714. The summed E-state index contributed by atoms with van der Waals surface area (Å²) < 4.78 is 32.4. The zero-order valence-corrected chi connectivity index (χ0v) is 13.8. The van der Waals surface area contributed by atoms with Gasteiger partial charge in [-0.1, -0.05) is 0 Å². The van der Waals surface area contributed by atoms with Crippen molar-refractivity contribution in [2.75, 3.05) is 24.1 Å². The molecule has 0 aliphatic heterocycles. The first-order chi connectivity index (χ1) is 9.50. The van der Waals surface area contributed by atoms with E-state index in [-0.39, 0.29) is 5.75 Å². The van der Waals surface area contributed by atoms with E-state index in [1.54, 1.807) is 25.3 Å². The number of benzene rings is 1. The van der Waals surface area contributed by atoms with Crippen molar-refractivity contribution in [1.82, 2.24) is 5.32 Å². The van der Waals surface area contributed by atoms with Crippen LogP contribution in [-0.2, 0) is 10.0 Å². The van der Waals surface area contributed by atoms with Gasteiger partial charge in [0, 0.05) is 12.1 Å². The predicted octanol–water partition coefficient (Wildman–Crippen LogP) is 2.34. The molecule has 1 fully saturated rings. The Balaban J connectivity index is 1.86. The third kappa shape index (κ3) is 4.96. The van der Waals surface area contributed by atoms with Gasteiger partial charge in [0.1, 0.15) is 5.75 Å². The lowest BCUT2D eigenvalue weighted by atomic mass is 10.3. The highest BCUT2D eigenvalue weighted by Gasteiger charge is 2.20. The van der Waals surface area contributed by atoms with Gasteiger partial charge in [-0.05, 0) is 53.9 Å². The van der Waals surface area contributed by atoms with E-state index in [1.807, 2.05) is 0 Å². The number of methoxy groups -OCH3 is 1. The molecule has 1 saturated carbocycles. The molecule has 0 atom stereocenters. The van der Waals surface area contributed by atoms with Crippen LogP contribution in [0.2, 0.25) is 0 Å². The van der Waals surface area contributed by atoms with Crippen molar-refractivity contribution in [1.29, 1.82) is 0 Å². The summed E-state index contributed by atoms with van der Waals surface area (Å²) in [5.41, 5.74) is 0.514. The summed E-state index contributed by atoms with van der Waals surface area (Å²) in [4.78, 5) is 0. The number of hydrogen-bond acceptors (Lipinski definition) is 4. The van der Waals surface area contributed by atoms with Crippen LogP contribution in [0.15, 0.2) is 22.7 Å². The highest BCUT2D eigenvalue weighted by atomic mass is 79.9. The van der Waals surface area contributed by atoms with Crippen LogP contribution in [-0.4, -0.2) is 33.9 Å². The molecule has 1 aromatic carbocycles.